The second kappa shape index (κ2) is 8.89. The Hall–Kier alpha value is -3.17. The number of hydrogen-bond acceptors (Lipinski definition) is 7. The third kappa shape index (κ3) is 5.21. The molecule has 29 heavy (non-hydrogen) atoms. The highest BCUT2D eigenvalue weighted by molar-refractivity contribution is 7.94. The average molecular weight is 431 g/mol. The number of thiophene rings is 1. The van der Waals surface area contributed by atoms with Crippen molar-refractivity contribution >= 4 is 38.8 Å². The third-order valence-corrected chi connectivity index (χ3v) is 6.66. The van der Waals surface area contributed by atoms with Crippen LogP contribution in [0, 0.1) is 0 Å². The SMILES string of the molecule is COc1ccc(C(=O)COC(=O)c2ccc(NS(=O)(=O)c3cccs3)cc2)cc1. The Morgan fingerprint density at radius 3 is 2.21 bits per heavy atom. The summed E-state index contributed by atoms with van der Waals surface area (Å²) >= 11 is 1.10. The summed E-state index contributed by atoms with van der Waals surface area (Å²) < 4.78 is 37.1. The van der Waals surface area contributed by atoms with Crippen molar-refractivity contribution in [2.75, 3.05) is 18.4 Å². The van der Waals surface area contributed by atoms with Gasteiger partial charge in [-0.15, -0.1) is 11.3 Å². The number of sulfonamides is 1. The van der Waals surface area contributed by atoms with E-state index in [0.717, 1.165) is 11.3 Å². The second-order valence-electron chi connectivity index (χ2n) is 5.84. The van der Waals surface area contributed by atoms with Gasteiger partial charge in [-0.3, -0.25) is 9.52 Å². The summed E-state index contributed by atoms with van der Waals surface area (Å²) in [6.45, 7) is -0.405. The van der Waals surface area contributed by atoms with Gasteiger partial charge in [-0.1, -0.05) is 6.07 Å². The van der Waals surface area contributed by atoms with Crippen LogP contribution in [0.5, 0.6) is 5.75 Å². The lowest BCUT2D eigenvalue weighted by Gasteiger charge is -2.08. The van der Waals surface area contributed by atoms with Crippen molar-refractivity contribution < 1.29 is 27.5 Å². The lowest BCUT2D eigenvalue weighted by atomic mass is 10.1. The summed E-state index contributed by atoms with van der Waals surface area (Å²) in [5, 5.41) is 1.67. The quantitative estimate of drug-likeness (QED) is 0.432. The topological polar surface area (TPSA) is 98.8 Å². The standard InChI is InChI=1S/C20H17NO6S2/c1-26-17-10-6-14(7-11-17)18(22)13-27-20(23)15-4-8-16(9-5-15)21-29(24,25)19-3-2-12-28-19/h2-12,21H,13H2,1H3. The van der Waals surface area contributed by atoms with Gasteiger partial charge in [0, 0.05) is 11.3 Å². The highest BCUT2D eigenvalue weighted by Gasteiger charge is 2.16. The summed E-state index contributed by atoms with van der Waals surface area (Å²) in [6.07, 6.45) is 0. The molecular weight excluding hydrogens is 414 g/mol. The fourth-order valence-corrected chi connectivity index (χ4v) is 4.42. The number of esters is 1. The molecule has 0 unspecified atom stereocenters. The van der Waals surface area contributed by atoms with E-state index in [4.69, 9.17) is 9.47 Å². The van der Waals surface area contributed by atoms with Crippen LogP contribution in [0.1, 0.15) is 20.7 Å². The Morgan fingerprint density at radius 2 is 1.62 bits per heavy atom. The van der Waals surface area contributed by atoms with Gasteiger partial charge in [-0.2, -0.15) is 0 Å². The Balaban J connectivity index is 1.58. The lowest BCUT2D eigenvalue weighted by Crippen LogP contribution is -2.14. The van der Waals surface area contributed by atoms with Crippen molar-refractivity contribution in [3.05, 3.63) is 77.2 Å². The van der Waals surface area contributed by atoms with E-state index in [9.17, 15) is 18.0 Å². The van der Waals surface area contributed by atoms with Crippen molar-refractivity contribution in [3.63, 3.8) is 0 Å². The van der Waals surface area contributed by atoms with Crippen LogP contribution in [-0.4, -0.2) is 33.9 Å². The summed E-state index contributed by atoms with van der Waals surface area (Å²) in [6, 6.07) is 15.4. The molecule has 150 valence electrons. The molecule has 0 bridgehead atoms. The molecule has 0 amide bonds. The van der Waals surface area contributed by atoms with Crippen molar-refractivity contribution in [2.24, 2.45) is 0 Å². The van der Waals surface area contributed by atoms with Gasteiger partial charge >= 0.3 is 5.97 Å². The zero-order chi connectivity index (χ0) is 20.9. The molecule has 0 aliphatic rings. The minimum atomic E-state index is -3.66. The number of ketones is 1. The summed E-state index contributed by atoms with van der Waals surface area (Å²) in [4.78, 5) is 24.2. The Labute approximate surface area is 172 Å². The van der Waals surface area contributed by atoms with Crippen LogP contribution >= 0.6 is 11.3 Å². The van der Waals surface area contributed by atoms with Gasteiger partial charge < -0.3 is 9.47 Å². The number of ether oxygens (including phenoxy) is 2. The van der Waals surface area contributed by atoms with Crippen LogP contribution in [0.3, 0.4) is 0 Å². The Morgan fingerprint density at radius 1 is 0.966 bits per heavy atom. The van der Waals surface area contributed by atoms with Crippen LogP contribution in [0.2, 0.25) is 0 Å². The predicted octanol–water partition coefficient (Wildman–Crippen LogP) is 3.60. The Kier molecular flexibility index (Phi) is 6.30. The molecule has 9 heteroatoms. The maximum atomic E-state index is 12.2. The molecule has 0 radical (unpaired) electrons. The number of nitrogens with one attached hydrogen (secondary N) is 1. The number of anilines is 1. The highest BCUT2D eigenvalue weighted by Crippen LogP contribution is 2.20. The minimum Gasteiger partial charge on any atom is -0.497 e. The lowest BCUT2D eigenvalue weighted by molar-refractivity contribution is 0.0475. The first-order valence-electron chi connectivity index (χ1n) is 8.40. The first-order chi connectivity index (χ1) is 13.9. The van der Waals surface area contributed by atoms with Crippen molar-refractivity contribution in [2.45, 2.75) is 4.21 Å². The van der Waals surface area contributed by atoms with Gasteiger partial charge in [0.15, 0.2) is 12.4 Å². The normalized spacial score (nSPS) is 10.9. The number of Topliss-reactive ketones (excluding diaryl/α,β-unsaturated/α-hetero) is 1. The van der Waals surface area contributed by atoms with E-state index in [1.807, 2.05) is 0 Å². The monoisotopic (exact) mass is 431 g/mol. The van der Waals surface area contributed by atoms with E-state index < -0.39 is 22.6 Å². The largest absolute Gasteiger partial charge is 0.497 e. The van der Waals surface area contributed by atoms with Crippen LogP contribution in [0.15, 0.2) is 70.3 Å². The van der Waals surface area contributed by atoms with E-state index in [2.05, 4.69) is 4.72 Å². The summed E-state index contributed by atoms with van der Waals surface area (Å²) in [7, 11) is -2.14. The first-order valence-corrected chi connectivity index (χ1v) is 10.8. The molecule has 3 rings (SSSR count). The summed E-state index contributed by atoms with van der Waals surface area (Å²) in [5.41, 5.74) is 0.910. The molecule has 0 saturated carbocycles. The van der Waals surface area contributed by atoms with Crippen molar-refractivity contribution in [1.82, 2.24) is 0 Å². The number of carbonyl (C=O) groups excluding carboxylic acids is 2. The van der Waals surface area contributed by atoms with Gasteiger partial charge in [0.25, 0.3) is 10.0 Å². The molecule has 1 aromatic heterocycles. The fourth-order valence-electron chi connectivity index (χ4n) is 2.37. The average Bonchev–Trinajstić information content (AvgIpc) is 3.28. The maximum absolute atomic E-state index is 12.2. The van der Waals surface area contributed by atoms with Crippen LogP contribution in [0.4, 0.5) is 5.69 Å². The smallest absolute Gasteiger partial charge is 0.338 e. The molecule has 3 aromatic rings. The zero-order valence-electron chi connectivity index (χ0n) is 15.3. The highest BCUT2D eigenvalue weighted by atomic mass is 32.2. The molecule has 0 spiro atoms. The van der Waals surface area contributed by atoms with Crippen molar-refractivity contribution in [3.8, 4) is 5.75 Å². The molecule has 1 N–H and O–H groups in total. The van der Waals surface area contributed by atoms with E-state index >= 15 is 0 Å². The number of rotatable bonds is 8. The summed E-state index contributed by atoms with van der Waals surface area (Å²) in [5.74, 6) is -0.408. The maximum Gasteiger partial charge on any atom is 0.338 e. The molecule has 7 nitrogen and oxygen atoms in total. The van der Waals surface area contributed by atoms with Gasteiger partial charge in [0.05, 0.1) is 12.7 Å². The van der Waals surface area contributed by atoms with Gasteiger partial charge in [0.1, 0.15) is 9.96 Å². The third-order valence-electron chi connectivity index (χ3n) is 3.88. The van der Waals surface area contributed by atoms with E-state index in [-0.39, 0.29) is 15.6 Å². The molecule has 0 aliphatic heterocycles. The molecule has 2 aromatic carbocycles. The molecule has 0 atom stereocenters. The first kappa shape index (κ1) is 20.6. The second-order valence-corrected chi connectivity index (χ2v) is 8.70. The van der Waals surface area contributed by atoms with E-state index in [1.165, 1.54) is 37.4 Å². The van der Waals surface area contributed by atoms with Crippen LogP contribution in [0.25, 0.3) is 0 Å². The number of carbonyl (C=O) groups is 2. The molecule has 1 heterocycles. The predicted molar refractivity (Wildman–Crippen MR) is 109 cm³/mol. The van der Waals surface area contributed by atoms with Gasteiger partial charge in [-0.05, 0) is 60.0 Å². The molecule has 0 saturated heterocycles. The van der Waals surface area contributed by atoms with Gasteiger partial charge in [0.2, 0.25) is 0 Å². The number of methoxy groups -OCH3 is 1. The van der Waals surface area contributed by atoms with Crippen molar-refractivity contribution in [1.29, 1.82) is 0 Å². The molecule has 0 aliphatic carbocycles. The number of hydrogen-bond donors (Lipinski definition) is 1. The molecule has 0 fully saturated rings. The minimum absolute atomic E-state index is 0.193. The van der Waals surface area contributed by atoms with E-state index in [0.29, 0.717) is 17.0 Å². The van der Waals surface area contributed by atoms with Crippen LogP contribution in [-0.2, 0) is 14.8 Å². The Bertz CT molecular complexity index is 1090. The van der Waals surface area contributed by atoms with E-state index in [1.54, 1.807) is 35.7 Å². The fraction of sp³-hybridized carbons (Fsp3) is 0.100. The molecular formula is C20H17NO6S2. The van der Waals surface area contributed by atoms with Gasteiger partial charge in [-0.25, -0.2) is 13.2 Å². The number of benzene rings is 2. The van der Waals surface area contributed by atoms with Crippen LogP contribution < -0.4 is 9.46 Å². The zero-order valence-corrected chi connectivity index (χ0v) is 17.0.